The zero-order chi connectivity index (χ0) is 20.4. The molecular formula is C22H31IN4O2. The van der Waals surface area contributed by atoms with Crippen molar-refractivity contribution in [3.63, 3.8) is 0 Å². The number of para-hydroxylation sites is 1. The van der Waals surface area contributed by atoms with E-state index in [9.17, 15) is 4.79 Å². The highest BCUT2D eigenvalue weighted by Gasteiger charge is 2.10. The van der Waals surface area contributed by atoms with Gasteiger partial charge in [-0.25, -0.2) is 4.99 Å². The van der Waals surface area contributed by atoms with Crippen molar-refractivity contribution in [3.05, 3.63) is 65.2 Å². The topological polar surface area (TPSA) is 66.0 Å². The maximum atomic E-state index is 11.9. The smallest absolute Gasteiger partial charge is 0.251 e. The van der Waals surface area contributed by atoms with E-state index >= 15 is 0 Å². The van der Waals surface area contributed by atoms with Crippen molar-refractivity contribution in [1.82, 2.24) is 15.5 Å². The second-order valence-corrected chi connectivity index (χ2v) is 6.39. The van der Waals surface area contributed by atoms with Crippen LogP contribution < -0.4 is 15.4 Å². The first kappa shape index (κ1) is 24.7. The van der Waals surface area contributed by atoms with Crippen LogP contribution in [0.5, 0.6) is 5.75 Å². The van der Waals surface area contributed by atoms with Crippen LogP contribution in [0.1, 0.15) is 35.3 Å². The molecule has 6 nitrogen and oxygen atoms in total. The Balaban J connectivity index is 0.00000420. The van der Waals surface area contributed by atoms with Crippen LogP contribution in [0.25, 0.3) is 0 Å². The summed E-state index contributed by atoms with van der Waals surface area (Å²) in [7, 11) is 3.69. The molecule has 1 amide bonds. The van der Waals surface area contributed by atoms with E-state index in [1.54, 1.807) is 7.11 Å². The van der Waals surface area contributed by atoms with Gasteiger partial charge < -0.3 is 20.3 Å². The molecule has 2 aromatic carbocycles. The predicted molar refractivity (Wildman–Crippen MR) is 129 cm³/mol. The number of nitrogens with zero attached hydrogens (tertiary/aromatic N) is 2. The van der Waals surface area contributed by atoms with Crippen molar-refractivity contribution in [1.29, 1.82) is 0 Å². The molecule has 0 fully saturated rings. The van der Waals surface area contributed by atoms with Gasteiger partial charge in [-0.2, -0.15) is 0 Å². The Kier molecular flexibility index (Phi) is 11.1. The number of halogens is 1. The zero-order valence-corrected chi connectivity index (χ0v) is 19.9. The molecule has 0 aliphatic rings. The average Bonchev–Trinajstić information content (AvgIpc) is 2.72. The van der Waals surface area contributed by atoms with Crippen molar-refractivity contribution in [2.45, 2.75) is 26.9 Å². The van der Waals surface area contributed by atoms with Gasteiger partial charge >= 0.3 is 0 Å². The quantitative estimate of drug-likeness (QED) is 0.323. The summed E-state index contributed by atoms with van der Waals surface area (Å²) in [5, 5.41) is 6.13. The van der Waals surface area contributed by atoms with E-state index in [0.29, 0.717) is 25.2 Å². The van der Waals surface area contributed by atoms with E-state index in [-0.39, 0.29) is 29.9 Å². The molecule has 0 aromatic heterocycles. The van der Waals surface area contributed by atoms with Crippen molar-refractivity contribution in [2.24, 2.45) is 4.99 Å². The summed E-state index contributed by atoms with van der Waals surface area (Å²) in [6.45, 7) is 6.58. The number of hydrogen-bond donors (Lipinski definition) is 2. The van der Waals surface area contributed by atoms with E-state index < -0.39 is 0 Å². The molecule has 0 saturated carbocycles. The number of carbonyl (C=O) groups is 1. The fourth-order valence-corrected chi connectivity index (χ4v) is 2.82. The van der Waals surface area contributed by atoms with Crippen molar-refractivity contribution < 1.29 is 9.53 Å². The number of benzene rings is 2. The van der Waals surface area contributed by atoms with Crippen LogP contribution in [0.15, 0.2) is 53.5 Å². The minimum Gasteiger partial charge on any atom is -0.496 e. The number of nitrogens with one attached hydrogen (secondary N) is 2. The largest absolute Gasteiger partial charge is 0.496 e. The Hall–Kier alpha value is -2.29. The molecule has 0 spiro atoms. The first-order valence-corrected chi connectivity index (χ1v) is 9.57. The van der Waals surface area contributed by atoms with Crippen LogP contribution in [-0.4, -0.2) is 44.0 Å². The molecule has 0 radical (unpaired) electrons. The second-order valence-electron chi connectivity index (χ2n) is 6.39. The van der Waals surface area contributed by atoms with Gasteiger partial charge in [0.05, 0.1) is 13.7 Å². The number of methoxy groups -OCH3 is 1. The number of aliphatic imine (C=N–C) groups is 1. The highest BCUT2D eigenvalue weighted by atomic mass is 127. The van der Waals surface area contributed by atoms with Crippen molar-refractivity contribution in [3.8, 4) is 5.75 Å². The lowest BCUT2D eigenvalue weighted by molar-refractivity contribution is 0.0956. The number of guanidine groups is 1. The number of carbonyl (C=O) groups excluding carboxylic acids is 1. The summed E-state index contributed by atoms with van der Waals surface area (Å²) in [4.78, 5) is 18.7. The molecule has 0 atom stereocenters. The van der Waals surface area contributed by atoms with Gasteiger partial charge in [-0.15, -0.1) is 24.0 Å². The fraction of sp³-hybridized carbons (Fsp3) is 0.364. The minimum absolute atomic E-state index is 0. The van der Waals surface area contributed by atoms with Gasteiger partial charge in [0.1, 0.15) is 5.75 Å². The fourth-order valence-electron chi connectivity index (χ4n) is 2.82. The van der Waals surface area contributed by atoms with E-state index in [1.807, 2.05) is 63.4 Å². The molecule has 0 unspecified atom stereocenters. The lowest BCUT2D eigenvalue weighted by Crippen LogP contribution is -2.38. The van der Waals surface area contributed by atoms with Crippen LogP contribution in [0.2, 0.25) is 0 Å². The average molecular weight is 510 g/mol. The molecule has 2 aromatic rings. The number of rotatable bonds is 8. The SMILES string of the molecule is CCNC(=O)c1ccc(CN=C(NCC)N(C)Cc2ccccc2OC)cc1.I. The van der Waals surface area contributed by atoms with Gasteiger partial charge in [-0.05, 0) is 37.6 Å². The third kappa shape index (κ3) is 7.56. The molecule has 0 saturated heterocycles. The third-order valence-corrected chi connectivity index (χ3v) is 4.26. The normalized spacial score (nSPS) is 10.7. The highest BCUT2D eigenvalue weighted by Crippen LogP contribution is 2.18. The molecule has 158 valence electrons. The van der Waals surface area contributed by atoms with Crippen LogP contribution in [0, 0.1) is 0 Å². The number of hydrogen-bond acceptors (Lipinski definition) is 3. The standard InChI is InChI=1S/C22H30N4O2.HI/c1-5-23-21(27)18-13-11-17(12-14-18)15-25-22(24-6-2)26(3)16-19-9-7-8-10-20(19)28-4;/h7-14H,5-6,15-16H2,1-4H3,(H,23,27)(H,24,25);1H. The Morgan fingerprint density at radius 1 is 1.03 bits per heavy atom. The summed E-state index contributed by atoms with van der Waals surface area (Å²) in [5.41, 5.74) is 2.81. The van der Waals surface area contributed by atoms with Gasteiger partial charge in [-0.3, -0.25) is 4.79 Å². The summed E-state index contributed by atoms with van der Waals surface area (Å²) in [5.74, 6) is 1.63. The van der Waals surface area contributed by atoms with E-state index in [1.165, 1.54) is 0 Å². The third-order valence-electron chi connectivity index (χ3n) is 4.26. The van der Waals surface area contributed by atoms with Gasteiger partial charge in [0, 0.05) is 37.8 Å². The lowest BCUT2D eigenvalue weighted by atomic mass is 10.1. The summed E-state index contributed by atoms with van der Waals surface area (Å²) in [6, 6.07) is 15.5. The van der Waals surface area contributed by atoms with Crippen LogP contribution in [-0.2, 0) is 13.1 Å². The predicted octanol–water partition coefficient (Wildman–Crippen LogP) is 3.66. The second kappa shape index (κ2) is 13.0. The molecule has 0 aliphatic heterocycles. The molecule has 2 rings (SSSR count). The molecular weight excluding hydrogens is 479 g/mol. The van der Waals surface area contributed by atoms with Gasteiger partial charge in [0.2, 0.25) is 0 Å². The van der Waals surface area contributed by atoms with Crippen LogP contribution in [0.3, 0.4) is 0 Å². The minimum atomic E-state index is -0.0533. The molecule has 2 N–H and O–H groups in total. The summed E-state index contributed by atoms with van der Waals surface area (Å²) < 4.78 is 5.44. The van der Waals surface area contributed by atoms with E-state index in [2.05, 4.69) is 21.6 Å². The van der Waals surface area contributed by atoms with Gasteiger partial charge in [0.25, 0.3) is 5.91 Å². The molecule has 0 bridgehead atoms. The first-order valence-electron chi connectivity index (χ1n) is 9.57. The van der Waals surface area contributed by atoms with E-state index in [4.69, 9.17) is 9.73 Å². The first-order chi connectivity index (χ1) is 13.6. The monoisotopic (exact) mass is 510 g/mol. The Labute approximate surface area is 190 Å². The van der Waals surface area contributed by atoms with Crippen molar-refractivity contribution in [2.75, 3.05) is 27.2 Å². The molecule has 29 heavy (non-hydrogen) atoms. The maximum absolute atomic E-state index is 11.9. The van der Waals surface area contributed by atoms with Crippen LogP contribution >= 0.6 is 24.0 Å². The molecule has 7 heteroatoms. The zero-order valence-electron chi connectivity index (χ0n) is 17.6. The maximum Gasteiger partial charge on any atom is 0.251 e. The van der Waals surface area contributed by atoms with Crippen molar-refractivity contribution >= 4 is 35.8 Å². The summed E-state index contributed by atoms with van der Waals surface area (Å²) in [6.07, 6.45) is 0. The van der Waals surface area contributed by atoms with Gasteiger partial charge in [0.15, 0.2) is 5.96 Å². The number of ether oxygens (including phenoxy) is 1. The highest BCUT2D eigenvalue weighted by molar-refractivity contribution is 14.0. The lowest BCUT2D eigenvalue weighted by Gasteiger charge is -2.23. The Bertz CT molecular complexity index is 794. The molecule has 0 aliphatic carbocycles. The Morgan fingerprint density at radius 3 is 2.31 bits per heavy atom. The summed E-state index contributed by atoms with van der Waals surface area (Å²) >= 11 is 0. The van der Waals surface area contributed by atoms with Crippen LogP contribution in [0.4, 0.5) is 0 Å². The number of amides is 1. The Morgan fingerprint density at radius 2 is 1.69 bits per heavy atom. The van der Waals surface area contributed by atoms with E-state index in [0.717, 1.165) is 29.4 Å². The molecule has 0 heterocycles. The van der Waals surface area contributed by atoms with Gasteiger partial charge in [-0.1, -0.05) is 30.3 Å².